The Labute approximate surface area is 163 Å². The Morgan fingerprint density at radius 1 is 0.741 bits per heavy atom. The van der Waals surface area contributed by atoms with Crippen molar-refractivity contribution in [1.29, 1.82) is 0 Å². The van der Waals surface area contributed by atoms with Crippen LogP contribution in [-0.4, -0.2) is 11.8 Å². The smallest absolute Gasteiger partial charge is 0.310 e. The van der Waals surface area contributed by atoms with Crippen molar-refractivity contribution in [2.45, 2.75) is 12.6 Å². The maximum Gasteiger partial charge on any atom is 0.310 e. The maximum atomic E-state index is 12.5. The molecule has 2 amide bonds. The first-order valence-corrected chi connectivity index (χ1v) is 8.95. The maximum absolute atomic E-state index is 12.5. The van der Waals surface area contributed by atoms with Crippen LogP contribution in [0.25, 0.3) is 0 Å². The molecule has 0 aliphatic heterocycles. The Balaban J connectivity index is 1.71. The molecule has 0 bridgehead atoms. The van der Waals surface area contributed by atoms with E-state index in [1.165, 1.54) is 0 Å². The zero-order valence-electron chi connectivity index (χ0n) is 14.6. The summed E-state index contributed by atoms with van der Waals surface area (Å²) in [6.07, 6.45) is 0. The highest BCUT2D eigenvalue weighted by Gasteiger charge is 2.21. The average molecular weight is 379 g/mol. The molecule has 0 saturated heterocycles. The van der Waals surface area contributed by atoms with E-state index < -0.39 is 17.9 Å². The fourth-order valence-electron chi connectivity index (χ4n) is 2.74. The van der Waals surface area contributed by atoms with Gasteiger partial charge in [-0.3, -0.25) is 9.59 Å². The minimum atomic E-state index is -0.702. The van der Waals surface area contributed by atoms with E-state index in [1.54, 1.807) is 12.1 Å². The number of rotatable bonds is 5. The number of hydrogen-bond donors (Lipinski definition) is 2. The molecular formula is C22H19ClN2O2. The van der Waals surface area contributed by atoms with Gasteiger partial charge in [-0.2, -0.15) is 0 Å². The van der Waals surface area contributed by atoms with E-state index in [0.717, 1.165) is 16.7 Å². The van der Waals surface area contributed by atoms with Gasteiger partial charge >= 0.3 is 11.8 Å². The van der Waals surface area contributed by atoms with Crippen LogP contribution in [0.1, 0.15) is 22.7 Å². The molecule has 0 saturated carbocycles. The zero-order chi connectivity index (χ0) is 19.1. The molecule has 4 nitrogen and oxygen atoms in total. The molecule has 0 aliphatic rings. The van der Waals surface area contributed by atoms with Gasteiger partial charge in [0.2, 0.25) is 0 Å². The van der Waals surface area contributed by atoms with Crippen LogP contribution in [0.4, 0.5) is 0 Å². The molecule has 0 atom stereocenters. The van der Waals surface area contributed by atoms with Crippen molar-refractivity contribution >= 4 is 23.4 Å². The largest absolute Gasteiger partial charge is 0.344 e. The van der Waals surface area contributed by atoms with Gasteiger partial charge < -0.3 is 10.6 Å². The van der Waals surface area contributed by atoms with Crippen molar-refractivity contribution in [3.8, 4) is 0 Å². The van der Waals surface area contributed by atoms with Crippen LogP contribution < -0.4 is 10.6 Å². The van der Waals surface area contributed by atoms with Crippen LogP contribution in [-0.2, 0) is 16.1 Å². The summed E-state index contributed by atoms with van der Waals surface area (Å²) in [5, 5.41) is 5.97. The number of carbonyl (C=O) groups excluding carboxylic acids is 2. The van der Waals surface area contributed by atoms with Crippen LogP contribution in [0.15, 0.2) is 84.9 Å². The van der Waals surface area contributed by atoms with Gasteiger partial charge in [-0.1, -0.05) is 90.5 Å². The second-order valence-corrected chi connectivity index (χ2v) is 6.41. The molecular weight excluding hydrogens is 360 g/mol. The summed E-state index contributed by atoms with van der Waals surface area (Å²) >= 11 is 6.08. The highest BCUT2D eigenvalue weighted by Crippen LogP contribution is 2.21. The molecule has 0 radical (unpaired) electrons. The van der Waals surface area contributed by atoms with Crippen LogP contribution >= 0.6 is 11.6 Å². The van der Waals surface area contributed by atoms with E-state index in [0.29, 0.717) is 5.02 Å². The normalized spacial score (nSPS) is 10.4. The number of nitrogens with one attached hydrogen (secondary N) is 2. The van der Waals surface area contributed by atoms with E-state index in [4.69, 9.17) is 11.6 Å². The Morgan fingerprint density at radius 3 is 1.81 bits per heavy atom. The molecule has 0 fully saturated rings. The van der Waals surface area contributed by atoms with E-state index in [2.05, 4.69) is 10.6 Å². The third kappa shape index (κ3) is 4.96. The molecule has 0 unspecified atom stereocenters. The van der Waals surface area contributed by atoms with Gasteiger partial charge in [0.15, 0.2) is 0 Å². The molecule has 0 aromatic heterocycles. The van der Waals surface area contributed by atoms with E-state index in [-0.39, 0.29) is 6.54 Å². The molecule has 0 spiro atoms. The molecule has 2 N–H and O–H groups in total. The van der Waals surface area contributed by atoms with Crippen molar-refractivity contribution in [2.24, 2.45) is 0 Å². The predicted molar refractivity (Wildman–Crippen MR) is 106 cm³/mol. The minimum absolute atomic E-state index is 0.188. The third-order valence-corrected chi connectivity index (χ3v) is 4.51. The molecule has 136 valence electrons. The topological polar surface area (TPSA) is 58.2 Å². The van der Waals surface area contributed by atoms with E-state index >= 15 is 0 Å². The van der Waals surface area contributed by atoms with Crippen molar-refractivity contribution in [3.05, 3.63) is 107 Å². The Bertz CT molecular complexity index is 874. The second-order valence-electron chi connectivity index (χ2n) is 6.00. The van der Waals surface area contributed by atoms with Gasteiger partial charge in [0.1, 0.15) is 0 Å². The molecule has 3 aromatic rings. The summed E-state index contributed by atoms with van der Waals surface area (Å²) in [6.45, 7) is 0.188. The first-order chi connectivity index (χ1) is 13.1. The average Bonchev–Trinajstić information content (AvgIpc) is 2.72. The van der Waals surface area contributed by atoms with Crippen molar-refractivity contribution in [2.75, 3.05) is 0 Å². The lowest BCUT2D eigenvalue weighted by Gasteiger charge is -2.19. The summed E-state index contributed by atoms with van der Waals surface area (Å²) in [7, 11) is 0. The number of benzene rings is 3. The third-order valence-electron chi connectivity index (χ3n) is 4.14. The van der Waals surface area contributed by atoms with Crippen LogP contribution in [0.3, 0.4) is 0 Å². The Hall–Kier alpha value is -3.11. The van der Waals surface area contributed by atoms with Crippen molar-refractivity contribution in [3.63, 3.8) is 0 Å². The van der Waals surface area contributed by atoms with Crippen LogP contribution in [0.2, 0.25) is 5.02 Å². The molecule has 3 rings (SSSR count). The first-order valence-electron chi connectivity index (χ1n) is 8.57. The summed E-state index contributed by atoms with van der Waals surface area (Å²) in [5.74, 6) is -1.40. The molecule has 3 aromatic carbocycles. The lowest BCUT2D eigenvalue weighted by atomic mass is 9.99. The molecule has 0 aliphatic carbocycles. The summed E-state index contributed by atoms with van der Waals surface area (Å²) in [4.78, 5) is 24.7. The van der Waals surface area contributed by atoms with Crippen LogP contribution in [0.5, 0.6) is 0 Å². The number of amides is 2. The predicted octanol–water partition coefficient (Wildman–Crippen LogP) is 3.86. The minimum Gasteiger partial charge on any atom is -0.344 e. The van der Waals surface area contributed by atoms with Gasteiger partial charge in [0.25, 0.3) is 0 Å². The Kier molecular flexibility index (Phi) is 6.23. The molecule has 5 heteroatoms. The lowest BCUT2D eigenvalue weighted by Crippen LogP contribution is -2.41. The zero-order valence-corrected chi connectivity index (χ0v) is 15.3. The number of hydrogen-bond acceptors (Lipinski definition) is 2. The fourth-order valence-corrected chi connectivity index (χ4v) is 2.95. The second kappa shape index (κ2) is 9.01. The fraction of sp³-hybridized carbons (Fsp3) is 0.0909. The lowest BCUT2D eigenvalue weighted by molar-refractivity contribution is -0.139. The molecule has 27 heavy (non-hydrogen) atoms. The standard InChI is InChI=1S/C22H19ClN2O2/c23-19-14-8-7-13-18(19)15-24-21(26)22(27)25-20(16-9-3-1-4-10-16)17-11-5-2-6-12-17/h1-14,20H,15H2,(H,24,26)(H,25,27). The quantitative estimate of drug-likeness (QED) is 0.662. The van der Waals surface area contributed by atoms with Gasteiger partial charge in [-0.25, -0.2) is 0 Å². The Morgan fingerprint density at radius 2 is 1.26 bits per heavy atom. The van der Waals surface area contributed by atoms with E-state index in [9.17, 15) is 9.59 Å². The SMILES string of the molecule is O=C(NCc1ccccc1Cl)C(=O)NC(c1ccccc1)c1ccccc1. The van der Waals surface area contributed by atoms with Crippen molar-refractivity contribution in [1.82, 2.24) is 10.6 Å². The highest BCUT2D eigenvalue weighted by molar-refractivity contribution is 6.35. The first kappa shape index (κ1) is 18.7. The summed E-state index contributed by atoms with van der Waals surface area (Å²) < 4.78 is 0. The monoisotopic (exact) mass is 378 g/mol. The van der Waals surface area contributed by atoms with Gasteiger partial charge in [-0.15, -0.1) is 0 Å². The van der Waals surface area contributed by atoms with E-state index in [1.807, 2.05) is 72.8 Å². The van der Waals surface area contributed by atoms with Gasteiger partial charge in [0.05, 0.1) is 6.04 Å². The number of carbonyl (C=O) groups is 2. The van der Waals surface area contributed by atoms with Gasteiger partial charge in [0, 0.05) is 11.6 Å². The van der Waals surface area contributed by atoms with Crippen molar-refractivity contribution < 1.29 is 9.59 Å². The molecule has 0 heterocycles. The summed E-state index contributed by atoms with van der Waals surface area (Å²) in [6, 6.07) is 25.8. The van der Waals surface area contributed by atoms with Gasteiger partial charge in [-0.05, 0) is 22.8 Å². The highest BCUT2D eigenvalue weighted by atomic mass is 35.5. The van der Waals surface area contributed by atoms with Crippen LogP contribution in [0, 0.1) is 0 Å². The number of halogens is 1. The summed E-state index contributed by atoms with van der Waals surface area (Å²) in [5.41, 5.74) is 2.55.